The second-order valence-corrected chi connectivity index (χ2v) is 6.37. The fraction of sp³-hybridized carbons (Fsp3) is 0.238. The molecule has 0 spiro atoms. The minimum Gasteiger partial charge on any atom is -0.0801 e. The third-order valence-electron chi connectivity index (χ3n) is 4.73. The molecule has 0 saturated heterocycles. The van der Waals surface area contributed by atoms with Crippen LogP contribution in [0, 0.1) is 0 Å². The molecule has 0 aliphatic heterocycles. The lowest BCUT2D eigenvalue weighted by molar-refractivity contribution is 0.848. The molecule has 0 atom stereocenters. The summed E-state index contributed by atoms with van der Waals surface area (Å²) in [6.07, 6.45) is 8.87. The van der Waals surface area contributed by atoms with Crippen molar-refractivity contribution in [1.29, 1.82) is 0 Å². The van der Waals surface area contributed by atoms with Crippen LogP contribution in [0.25, 0.3) is 16.7 Å². The monoisotopic (exact) mass is 272 g/mol. The van der Waals surface area contributed by atoms with Crippen LogP contribution >= 0.6 is 0 Å². The molecule has 2 aliphatic carbocycles. The predicted octanol–water partition coefficient (Wildman–Crippen LogP) is 5.72. The zero-order chi connectivity index (χ0) is 14.4. The molecule has 0 nitrogen and oxygen atoms in total. The van der Waals surface area contributed by atoms with Crippen molar-refractivity contribution in [3.8, 4) is 11.1 Å². The summed E-state index contributed by atoms with van der Waals surface area (Å²) in [6, 6.07) is 13.5. The van der Waals surface area contributed by atoms with Crippen molar-refractivity contribution in [3.63, 3.8) is 0 Å². The van der Waals surface area contributed by atoms with Crippen LogP contribution in [0.1, 0.15) is 48.4 Å². The molecule has 0 unspecified atom stereocenters. The number of hydrogen-bond acceptors (Lipinski definition) is 0. The van der Waals surface area contributed by atoms with Gasteiger partial charge in [-0.2, -0.15) is 0 Å². The van der Waals surface area contributed by atoms with E-state index in [1.165, 1.54) is 27.8 Å². The first-order valence-corrected chi connectivity index (χ1v) is 7.86. The highest BCUT2D eigenvalue weighted by molar-refractivity contribution is 5.83. The molecular weight excluding hydrogens is 252 g/mol. The lowest BCUT2D eigenvalue weighted by atomic mass is 9.85. The molecule has 0 amide bonds. The second kappa shape index (κ2) is 4.73. The first-order valence-electron chi connectivity index (χ1n) is 7.86. The van der Waals surface area contributed by atoms with Crippen molar-refractivity contribution < 1.29 is 0 Å². The van der Waals surface area contributed by atoms with Crippen LogP contribution in [0.5, 0.6) is 0 Å². The number of allylic oxidation sites excluding steroid dienone is 4. The van der Waals surface area contributed by atoms with Gasteiger partial charge in [-0.1, -0.05) is 68.5 Å². The molecule has 0 saturated carbocycles. The Labute approximate surface area is 126 Å². The van der Waals surface area contributed by atoms with Gasteiger partial charge in [0.1, 0.15) is 0 Å². The Bertz CT molecular complexity index is 773. The molecule has 0 aromatic heterocycles. The van der Waals surface area contributed by atoms with Crippen molar-refractivity contribution >= 4 is 5.57 Å². The molecule has 21 heavy (non-hydrogen) atoms. The van der Waals surface area contributed by atoms with Gasteiger partial charge in [-0.15, -0.1) is 0 Å². The van der Waals surface area contributed by atoms with E-state index in [0.717, 1.165) is 12.8 Å². The number of benzene rings is 2. The molecule has 0 heterocycles. The van der Waals surface area contributed by atoms with Gasteiger partial charge in [0, 0.05) is 0 Å². The van der Waals surface area contributed by atoms with Crippen molar-refractivity contribution in [1.82, 2.24) is 0 Å². The zero-order valence-electron chi connectivity index (χ0n) is 12.7. The molecule has 2 aromatic carbocycles. The van der Waals surface area contributed by atoms with Crippen molar-refractivity contribution in [2.75, 3.05) is 0 Å². The molecular formula is C21H20. The van der Waals surface area contributed by atoms with E-state index in [1.54, 1.807) is 11.1 Å². The van der Waals surface area contributed by atoms with E-state index in [2.05, 4.69) is 68.5 Å². The molecule has 0 fully saturated rings. The highest BCUT2D eigenvalue weighted by Gasteiger charge is 2.24. The van der Waals surface area contributed by atoms with Gasteiger partial charge in [0.25, 0.3) is 0 Å². The quantitative estimate of drug-likeness (QED) is 0.559. The van der Waals surface area contributed by atoms with E-state index in [9.17, 15) is 0 Å². The normalized spacial score (nSPS) is 15.3. The van der Waals surface area contributed by atoms with Gasteiger partial charge in [0.15, 0.2) is 0 Å². The summed E-state index contributed by atoms with van der Waals surface area (Å²) in [5.41, 5.74) is 10.4. The first kappa shape index (κ1) is 12.6. The Morgan fingerprint density at radius 3 is 2.48 bits per heavy atom. The van der Waals surface area contributed by atoms with Gasteiger partial charge in [-0.25, -0.2) is 0 Å². The fourth-order valence-electron chi connectivity index (χ4n) is 3.82. The highest BCUT2D eigenvalue weighted by Crippen LogP contribution is 2.43. The Balaban J connectivity index is 1.93. The van der Waals surface area contributed by atoms with E-state index >= 15 is 0 Å². The topological polar surface area (TPSA) is 0 Å². The minimum atomic E-state index is 0.561. The first-order chi connectivity index (χ1) is 10.3. The van der Waals surface area contributed by atoms with E-state index in [4.69, 9.17) is 0 Å². The number of hydrogen-bond donors (Lipinski definition) is 0. The average Bonchev–Trinajstić information content (AvgIpc) is 3.13. The summed E-state index contributed by atoms with van der Waals surface area (Å²) in [5.74, 6) is 0.561. The Morgan fingerprint density at radius 2 is 1.71 bits per heavy atom. The van der Waals surface area contributed by atoms with Gasteiger partial charge >= 0.3 is 0 Å². The molecule has 4 rings (SSSR count). The molecule has 2 aromatic rings. The largest absolute Gasteiger partial charge is 0.0801 e. The lowest BCUT2D eigenvalue weighted by Crippen LogP contribution is -2.01. The van der Waals surface area contributed by atoms with Crippen molar-refractivity contribution in [3.05, 3.63) is 76.9 Å². The zero-order valence-corrected chi connectivity index (χ0v) is 12.7. The smallest absolute Gasteiger partial charge is 0.00104 e. The summed E-state index contributed by atoms with van der Waals surface area (Å²) in [5, 5.41) is 0. The SMILES string of the molecule is CC(C)c1c(C2=CC=CC2)ccc2c1Cc1ccccc1-2. The standard InChI is InChI=1S/C21H20/c1-14(2)21-18(15-7-3-4-8-15)11-12-19-17-10-6-5-9-16(17)13-20(19)21/h3-7,9-12,14H,8,13H2,1-2H3. The van der Waals surface area contributed by atoms with Gasteiger partial charge in [0.2, 0.25) is 0 Å². The third kappa shape index (κ3) is 1.90. The Kier molecular flexibility index (Phi) is 2.85. The van der Waals surface area contributed by atoms with E-state index in [-0.39, 0.29) is 0 Å². The maximum absolute atomic E-state index is 2.34. The molecule has 0 bridgehead atoms. The summed E-state index contributed by atoms with van der Waals surface area (Å²) in [4.78, 5) is 0. The van der Waals surface area contributed by atoms with Crippen LogP contribution in [0.2, 0.25) is 0 Å². The molecule has 0 N–H and O–H groups in total. The summed E-state index contributed by atoms with van der Waals surface area (Å²) < 4.78 is 0. The van der Waals surface area contributed by atoms with Crippen LogP contribution in [0.4, 0.5) is 0 Å². The van der Waals surface area contributed by atoms with Gasteiger partial charge in [0.05, 0.1) is 0 Å². The van der Waals surface area contributed by atoms with Gasteiger partial charge in [-0.3, -0.25) is 0 Å². The number of fused-ring (bicyclic) bond motifs is 3. The molecule has 2 aliphatic rings. The molecule has 0 radical (unpaired) electrons. The predicted molar refractivity (Wildman–Crippen MR) is 90.5 cm³/mol. The maximum atomic E-state index is 2.34. The lowest BCUT2D eigenvalue weighted by Gasteiger charge is -2.19. The summed E-state index contributed by atoms with van der Waals surface area (Å²) >= 11 is 0. The van der Waals surface area contributed by atoms with Crippen LogP contribution in [0.3, 0.4) is 0 Å². The van der Waals surface area contributed by atoms with Crippen molar-refractivity contribution in [2.24, 2.45) is 0 Å². The molecule has 0 heteroatoms. The van der Waals surface area contributed by atoms with Crippen LogP contribution < -0.4 is 0 Å². The van der Waals surface area contributed by atoms with Crippen LogP contribution in [-0.4, -0.2) is 0 Å². The Hall–Kier alpha value is -2.08. The fourth-order valence-corrected chi connectivity index (χ4v) is 3.82. The Morgan fingerprint density at radius 1 is 0.905 bits per heavy atom. The van der Waals surface area contributed by atoms with E-state index in [0.29, 0.717) is 5.92 Å². The van der Waals surface area contributed by atoms with Crippen molar-refractivity contribution in [2.45, 2.75) is 32.6 Å². The van der Waals surface area contributed by atoms with Gasteiger partial charge in [-0.05, 0) is 57.7 Å². The van der Waals surface area contributed by atoms with Gasteiger partial charge < -0.3 is 0 Å². The summed E-state index contributed by atoms with van der Waals surface area (Å²) in [6.45, 7) is 4.65. The minimum absolute atomic E-state index is 0.561. The van der Waals surface area contributed by atoms with Crippen LogP contribution in [0.15, 0.2) is 54.6 Å². The average molecular weight is 272 g/mol. The van der Waals surface area contributed by atoms with E-state index in [1.807, 2.05) is 0 Å². The van der Waals surface area contributed by atoms with Crippen LogP contribution in [-0.2, 0) is 6.42 Å². The maximum Gasteiger partial charge on any atom is -0.00104 e. The van der Waals surface area contributed by atoms with E-state index < -0.39 is 0 Å². The third-order valence-corrected chi connectivity index (χ3v) is 4.73. The second-order valence-electron chi connectivity index (χ2n) is 6.37. The molecule has 104 valence electrons. The number of rotatable bonds is 2. The summed E-state index contributed by atoms with van der Waals surface area (Å²) in [7, 11) is 0. The highest BCUT2D eigenvalue weighted by atomic mass is 14.3.